The summed E-state index contributed by atoms with van der Waals surface area (Å²) in [5.74, 6) is -1.84. The van der Waals surface area contributed by atoms with E-state index in [1.54, 1.807) is 0 Å². The summed E-state index contributed by atoms with van der Waals surface area (Å²) in [6.07, 6.45) is 4.30. The number of aromatic carboxylic acids is 1. The van der Waals surface area contributed by atoms with E-state index in [0.29, 0.717) is 17.7 Å². The van der Waals surface area contributed by atoms with Gasteiger partial charge in [0.15, 0.2) is 0 Å². The third kappa shape index (κ3) is 1.82. The highest BCUT2D eigenvalue weighted by molar-refractivity contribution is 6.29. The van der Waals surface area contributed by atoms with Crippen molar-refractivity contribution in [1.29, 1.82) is 0 Å². The van der Waals surface area contributed by atoms with Gasteiger partial charge in [0.05, 0.1) is 17.2 Å². The molecule has 1 heterocycles. The molecule has 0 aromatic heterocycles. The Morgan fingerprint density at radius 3 is 2.50 bits per heavy atom. The van der Waals surface area contributed by atoms with Crippen LogP contribution in [-0.2, 0) is 9.59 Å². The molecule has 0 bridgehead atoms. The van der Waals surface area contributed by atoms with Gasteiger partial charge in [-0.1, -0.05) is 6.08 Å². The van der Waals surface area contributed by atoms with Crippen molar-refractivity contribution in [3.8, 4) is 0 Å². The smallest absolute Gasteiger partial charge is 0.335 e. The number of carboxylic acid groups (broad SMARTS) is 1. The summed E-state index contributed by atoms with van der Waals surface area (Å²) in [5.41, 5.74) is 1.15. The standard InChI is InChI=1S/C15H13NO4/c17-13-11-3-1-2-4-12(11)14(18)16(13)10-7-5-9(6-8-10)15(19)20/h3,5-8,12H,1-2,4H2,(H,19,20). The van der Waals surface area contributed by atoms with Gasteiger partial charge >= 0.3 is 5.97 Å². The highest BCUT2D eigenvalue weighted by Gasteiger charge is 2.44. The molecule has 2 aliphatic rings. The first kappa shape index (κ1) is 12.6. The number of fused-ring (bicyclic) bond motifs is 1. The molecule has 20 heavy (non-hydrogen) atoms. The fourth-order valence-electron chi connectivity index (χ4n) is 2.75. The number of anilines is 1. The van der Waals surface area contributed by atoms with Crippen LogP contribution in [-0.4, -0.2) is 22.9 Å². The van der Waals surface area contributed by atoms with Crippen molar-refractivity contribution in [3.05, 3.63) is 41.5 Å². The summed E-state index contributed by atoms with van der Waals surface area (Å²) in [6, 6.07) is 5.79. The quantitative estimate of drug-likeness (QED) is 0.835. The fourth-order valence-corrected chi connectivity index (χ4v) is 2.75. The molecule has 1 N–H and O–H groups in total. The lowest BCUT2D eigenvalue weighted by atomic mass is 9.90. The first-order valence-corrected chi connectivity index (χ1v) is 6.51. The zero-order valence-corrected chi connectivity index (χ0v) is 10.7. The Labute approximate surface area is 115 Å². The molecule has 1 unspecified atom stereocenters. The Bertz CT molecular complexity index is 630. The van der Waals surface area contributed by atoms with Crippen LogP contribution in [0.5, 0.6) is 0 Å². The van der Waals surface area contributed by atoms with Gasteiger partial charge in [-0.15, -0.1) is 0 Å². The van der Waals surface area contributed by atoms with Crippen molar-refractivity contribution in [2.45, 2.75) is 19.3 Å². The minimum absolute atomic E-state index is 0.129. The Morgan fingerprint density at radius 2 is 1.90 bits per heavy atom. The Balaban J connectivity index is 1.96. The molecule has 5 nitrogen and oxygen atoms in total. The second-order valence-corrected chi connectivity index (χ2v) is 4.97. The predicted molar refractivity (Wildman–Crippen MR) is 71.3 cm³/mol. The van der Waals surface area contributed by atoms with Crippen molar-refractivity contribution in [3.63, 3.8) is 0 Å². The summed E-state index contributed by atoms with van der Waals surface area (Å²) in [7, 11) is 0. The highest BCUT2D eigenvalue weighted by Crippen LogP contribution is 2.36. The van der Waals surface area contributed by atoms with Gasteiger partial charge in [-0.05, 0) is 43.5 Å². The summed E-state index contributed by atoms with van der Waals surface area (Å²) in [5, 5.41) is 8.86. The number of allylic oxidation sites excluding steroid dienone is 1. The second-order valence-electron chi connectivity index (χ2n) is 4.97. The van der Waals surface area contributed by atoms with Gasteiger partial charge in [0.1, 0.15) is 0 Å². The molecule has 1 aromatic rings. The van der Waals surface area contributed by atoms with Crippen LogP contribution in [0.4, 0.5) is 5.69 Å². The number of imide groups is 1. The topological polar surface area (TPSA) is 74.7 Å². The van der Waals surface area contributed by atoms with Gasteiger partial charge in [0, 0.05) is 5.57 Å². The van der Waals surface area contributed by atoms with E-state index in [4.69, 9.17) is 5.11 Å². The van der Waals surface area contributed by atoms with Crippen molar-refractivity contribution in [2.24, 2.45) is 5.92 Å². The van der Waals surface area contributed by atoms with E-state index in [1.165, 1.54) is 24.3 Å². The second kappa shape index (κ2) is 4.59. The van der Waals surface area contributed by atoms with Crippen molar-refractivity contribution in [1.82, 2.24) is 0 Å². The molecule has 1 atom stereocenters. The number of carbonyl (C=O) groups is 3. The number of amides is 2. The molecular weight excluding hydrogens is 258 g/mol. The van der Waals surface area contributed by atoms with Crippen LogP contribution in [0.1, 0.15) is 29.6 Å². The van der Waals surface area contributed by atoms with Crippen LogP contribution < -0.4 is 4.90 Å². The number of hydrogen-bond donors (Lipinski definition) is 1. The van der Waals surface area contributed by atoms with Crippen molar-refractivity contribution < 1.29 is 19.5 Å². The van der Waals surface area contributed by atoms with E-state index in [9.17, 15) is 14.4 Å². The van der Waals surface area contributed by atoms with Gasteiger partial charge in [-0.25, -0.2) is 9.69 Å². The maximum Gasteiger partial charge on any atom is 0.335 e. The zero-order chi connectivity index (χ0) is 14.3. The van der Waals surface area contributed by atoms with Crippen LogP contribution in [0, 0.1) is 5.92 Å². The average Bonchev–Trinajstić information content (AvgIpc) is 2.72. The SMILES string of the molecule is O=C(O)c1ccc(N2C(=O)C3=CCCCC3C2=O)cc1. The van der Waals surface area contributed by atoms with Gasteiger partial charge < -0.3 is 5.11 Å². The Morgan fingerprint density at radius 1 is 1.20 bits per heavy atom. The summed E-state index contributed by atoms with van der Waals surface area (Å²) >= 11 is 0. The van der Waals surface area contributed by atoms with Gasteiger partial charge in [-0.3, -0.25) is 9.59 Å². The summed E-state index contributed by atoms with van der Waals surface area (Å²) in [4.78, 5) is 36.6. The third-order valence-corrected chi connectivity index (χ3v) is 3.78. The molecular formula is C15H13NO4. The molecule has 0 radical (unpaired) electrons. The third-order valence-electron chi connectivity index (χ3n) is 3.78. The Kier molecular flexibility index (Phi) is 2.89. The number of nitrogens with zero attached hydrogens (tertiary/aromatic N) is 1. The first-order valence-electron chi connectivity index (χ1n) is 6.51. The van der Waals surface area contributed by atoms with Gasteiger partial charge in [0.2, 0.25) is 5.91 Å². The lowest BCUT2D eigenvalue weighted by molar-refractivity contribution is -0.122. The van der Waals surface area contributed by atoms with E-state index in [0.717, 1.165) is 17.7 Å². The summed E-state index contributed by atoms with van der Waals surface area (Å²) < 4.78 is 0. The predicted octanol–water partition coefficient (Wildman–Crippen LogP) is 1.98. The maximum atomic E-state index is 12.3. The highest BCUT2D eigenvalue weighted by atomic mass is 16.4. The molecule has 1 fully saturated rings. The van der Waals surface area contributed by atoms with Crippen molar-refractivity contribution >= 4 is 23.5 Å². The first-order chi connectivity index (χ1) is 9.59. The van der Waals surface area contributed by atoms with Crippen LogP contribution in [0.25, 0.3) is 0 Å². The van der Waals surface area contributed by atoms with E-state index < -0.39 is 5.97 Å². The van der Waals surface area contributed by atoms with E-state index in [1.807, 2.05) is 6.08 Å². The number of rotatable bonds is 2. The van der Waals surface area contributed by atoms with Crippen LogP contribution >= 0.6 is 0 Å². The molecule has 5 heteroatoms. The average molecular weight is 271 g/mol. The number of carbonyl (C=O) groups excluding carboxylic acids is 2. The molecule has 0 spiro atoms. The van der Waals surface area contributed by atoms with E-state index in [-0.39, 0.29) is 23.3 Å². The minimum atomic E-state index is -1.04. The molecule has 1 saturated heterocycles. The molecule has 2 amide bonds. The lowest BCUT2D eigenvalue weighted by Crippen LogP contribution is -2.30. The minimum Gasteiger partial charge on any atom is -0.478 e. The molecule has 0 saturated carbocycles. The molecule has 3 rings (SSSR count). The monoisotopic (exact) mass is 271 g/mol. The fraction of sp³-hybridized carbons (Fsp3) is 0.267. The lowest BCUT2D eigenvalue weighted by Gasteiger charge is -2.14. The van der Waals surface area contributed by atoms with Crippen molar-refractivity contribution in [2.75, 3.05) is 4.90 Å². The Hall–Kier alpha value is -2.43. The normalized spacial score (nSPS) is 21.7. The van der Waals surface area contributed by atoms with Gasteiger partial charge in [0.25, 0.3) is 5.91 Å². The number of benzene rings is 1. The number of carboxylic acids is 1. The van der Waals surface area contributed by atoms with Gasteiger partial charge in [-0.2, -0.15) is 0 Å². The van der Waals surface area contributed by atoms with Crippen LogP contribution in [0.2, 0.25) is 0 Å². The summed E-state index contributed by atoms with van der Waals surface area (Å²) in [6.45, 7) is 0. The largest absolute Gasteiger partial charge is 0.478 e. The van der Waals surface area contributed by atoms with E-state index >= 15 is 0 Å². The molecule has 1 aromatic carbocycles. The van der Waals surface area contributed by atoms with Crippen LogP contribution in [0.3, 0.4) is 0 Å². The van der Waals surface area contributed by atoms with E-state index in [2.05, 4.69) is 0 Å². The number of hydrogen-bond acceptors (Lipinski definition) is 3. The molecule has 102 valence electrons. The zero-order valence-electron chi connectivity index (χ0n) is 10.7. The molecule has 1 aliphatic heterocycles. The molecule has 1 aliphatic carbocycles. The van der Waals surface area contributed by atoms with Crippen LogP contribution in [0.15, 0.2) is 35.9 Å². The maximum absolute atomic E-state index is 12.3.